The molecule has 0 saturated carbocycles. The number of anilines is 1. The predicted octanol–water partition coefficient (Wildman–Crippen LogP) is 4.28. The van der Waals surface area contributed by atoms with Gasteiger partial charge >= 0.3 is 6.09 Å². The summed E-state index contributed by atoms with van der Waals surface area (Å²) in [5, 5.41) is 40.5. The highest BCUT2D eigenvalue weighted by molar-refractivity contribution is 5.96. The number of carbonyl (C=O) groups excluding carboxylic acids is 1. The van der Waals surface area contributed by atoms with Gasteiger partial charge in [-0.2, -0.15) is 15.8 Å². The third kappa shape index (κ3) is 6.86. The van der Waals surface area contributed by atoms with Gasteiger partial charge in [-0.3, -0.25) is 4.79 Å². The molecule has 1 aromatic rings. The van der Waals surface area contributed by atoms with Gasteiger partial charge in [0.2, 0.25) is 5.91 Å². The minimum absolute atomic E-state index is 0.0687. The largest absolute Gasteiger partial charge is 0.465 e. The van der Waals surface area contributed by atoms with Gasteiger partial charge in [0.25, 0.3) is 0 Å². The molecule has 0 aromatic heterocycles. The van der Waals surface area contributed by atoms with E-state index in [9.17, 15) is 20.1 Å². The van der Waals surface area contributed by atoms with Crippen LogP contribution in [0.5, 0.6) is 0 Å². The first-order chi connectivity index (χ1) is 15.2. The van der Waals surface area contributed by atoms with Gasteiger partial charge in [0.1, 0.15) is 23.8 Å². The van der Waals surface area contributed by atoms with Crippen LogP contribution in [0.25, 0.3) is 6.08 Å². The van der Waals surface area contributed by atoms with Crippen molar-refractivity contribution in [3.63, 3.8) is 0 Å². The molecule has 0 saturated heterocycles. The van der Waals surface area contributed by atoms with E-state index in [4.69, 9.17) is 10.4 Å². The lowest BCUT2D eigenvalue weighted by Gasteiger charge is -2.30. The average molecular weight is 429 g/mol. The lowest BCUT2D eigenvalue weighted by molar-refractivity contribution is -0.117. The molecule has 0 fully saturated rings. The summed E-state index contributed by atoms with van der Waals surface area (Å²) in [6.45, 7) is 4.19. The Labute approximate surface area is 186 Å². The number of carboxylic acid groups (broad SMARTS) is 1. The van der Waals surface area contributed by atoms with Crippen LogP contribution in [0.15, 0.2) is 53.1 Å². The monoisotopic (exact) mass is 429 g/mol. The number of nitrogens with one attached hydrogen (secondary N) is 2. The Morgan fingerprint density at radius 3 is 2.34 bits per heavy atom. The fourth-order valence-corrected chi connectivity index (χ4v) is 3.45. The van der Waals surface area contributed by atoms with Crippen molar-refractivity contribution in [1.29, 1.82) is 15.8 Å². The van der Waals surface area contributed by atoms with E-state index in [2.05, 4.69) is 19.2 Å². The second-order valence-electron chi connectivity index (χ2n) is 8.17. The first-order valence-corrected chi connectivity index (χ1v) is 9.87. The average Bonchev–Trinajstić information content (AvgIpc) is 2.72. The van der Waals surface area contributed by atoms with Gasteiger partial charge < -0.3 is 15.7 Å². The number of benzene rings is 1. The first-order valence-electron chi connectivity index (χ1n) is 9.87. The minimum Gasteiger partial charge on any atom is -0.465 e. The van der Waals surface area contributed by atoms with E-state index < -0.39 is 18.0 Å². The van der Waals surface area contributed by atoms with Crippen LogP contribution >= 0.6 is 0 Å². The van der Waals surface area contributed by atoms with Gasteiger partial charge in [-0.05, 0) is 47.1 Å². The molecule has 32 heavy (non-hydrogen) atoms. The number of allylic oxidation sites excluding steroid dienone is 5. The van der Waals surface area contributed by atoms with Crippen molar-refractivity contribution in [2.45, 2.75) is 39.2 Å². The summed E-state index contributed by atoms with van der Waals surface area (Å²) >= 11 is 0. The van der Waals surface area contributed by atoms with Crippen molar-refractivity contribution in [3.8, 4) is 18.2 Å². The van der Waals surface area contributed by atoms with Crippen molar-refractivity contribution in [2.24, 2.45) is 5.41 Å². The summed E-state index contributed by atoms with van der Waals surface area (Å²) < 4.78 is 0. The molecule has 162 valence electrons. The molecule has 2 rings (SSSR count). The van der Waals surface area contributed by atoms with E-state index in [-0.39, 0.29) is 17.4 Å². The van der Waals surface area contributed by atoms with Crippen LogP contribution in [0.3, 0.4) is 0 Å². The van der Waals surface area contributed by atoms with Crippen LogP contribution < -0.4 is 10.6 Å². The Morgan fingerprint density at radius 1 is 1.12 bits per heavy atom. The van der Waals surface area contributed by atoms with E-state index in [1.54, 1.807) is 30.3 Å². The second kappa shape index (κ2) is 10.6. The van der Waals surface area contributed by atoms with Gasteiger partial charge in [0.05, 0.1) is 12.5 Å². The molecule has 0 aliphatic heterocycles. The Morgan fingerprint density at radius 2 is 1.78 bits per heavy atom. The summed E-state index contributed by atoms with van der Waals surface area (Å²) in [6.07, 6.45) is 5.56. The molecule has 2 amide bonds. The molecule has 0 radical (unpaired) electrons. The van der Waals surface area contributed by atoms with E-state index >= 15 is 0 Å². The molecule has 0 bridgehead atoms. The molecule has 1 aliphatic carbocycles. The second-order valence-corrected chi connectivity index (χ2v) is 8.17. The number of hydrogen-bond acceptors (Lipinski definition) is 5. The normalized spacial score (nSPS) is 15.5. The van der Waals surface area contributed by atoms with Crippen LogP contribution in [0.1, 0.15) is 38.7 Å². The molecule has 1 aliphatic rings. The molecule has 0 heterocycles. The lowest BCUT2D eigenvalue weighted by atomic mass is 9.74. The quantitative estimate of drug-likeness (QED) is 0.574. The predicted molar refractivity (Wildman–Crippen MR) is 119 cm³/mol. The number of rotatable bonds is 6. The zero-order valence-electron chi connectivity index (χ0n) is 17.8. The number of carbonyl (C=O) groups is 2. The van der Waals surface area contributed by atoms with Crippen LogP contribution in [0.4, 0.5) is 10.5 Å². The Kier molecular flexibility index (Phi) is 7.93. The highest BCUT2D eigenvalue weighted by atomic mass is 16.4. The smallest absolute Gasteiger partial charge is 0.405 e. The fraction of sp³-hybridized carbons (Fsp3) is 0.292. The standard InChI is InChI=1S/C24H23N5O3/c1-24(2)12-17(11-18(13-24)19(14-26)15-27)4-3-16-5-7-20(8-6-16)28-22(30)21(9-10-25)29-23(31)32/h3-8,11,21,29H,9,12-13H2,1-2H3,(H,28,30)(H,31,32). The third-order valence-corrected chi connectivity index (χ3v) is 4.83. The Balaban J connectivity index is 2.13. The Hall–Kier alpha value is -4.35. The number of nitrogens with zero attached hydrogens (tertiary/aromatic N) is 3. The summed E-state index contributed by atoms with van der Waals surface area (Å²) in [5.74, 6) is -0.614. The van der Waals surface area contributed by atoms with Gasteiger partial charge in [0, 0.05) is 5.69 Å². The van der Waals surface area contributed by atoms with E-state index in [0.29, 0.717) is 12.1 Å². The van der Waals surface area contributed by atoms with Gasteiger partial charge in [-0.15, -0.1) is 0 Å². The van der Waals surface area contributed by atoms with Crippen LogP contribution in [-0.2, 0) is 4.79 Å². The molecular weight excluding hydrogens is 406 g/mol. The summed E-state index contributed by atoms with van der Waals surface area (Å²) in [6, 6.07) is 11.5. The van der Waals surface area contributed by atoms with Crippen LogP contribution in [0.2, 0.25) is 0 Å². The van der Waals surface area contributed by atoms with Crippen molar-refractivity contribution in [2.75, 3.05) is 5.32 Å². The van der Waals surface area contributed by atoms with Crippen molar-refractivity contribution in [1.82, 2.24) is 5.32 Å². The molecule has 1 atom stereocenters. The van der Waals surface area contributed by atoms with Gasteiger partial charge in [-0.1, -0.05) is 44.2 Å². The minimum atomic E-state index is -1.38. The van der Waals surface area contributed by atoms with Crippen LogP contribution in [0, 0.1) is 39.4 Å². The maximum absolute atomic E-state index is 12.2. The molecule has 0 spiro atoms. The van der Waals surface area contributed by atoms with Crippen LogP contribution in [-0.4, -0.2) is 23.1 Å². The SMILES string of the molecule is CC1(C)CC(C=Cc2ccc(NC(=O)C(CC#N)NC(=O)O)cc2)=CC(=C(C#N)C#N)C1. The summed E-state index contributed by atoms with van der Waals surface area (Å²) in [5.41, 5.74) is 3.16. The molecule has 1 aromatic carbocycles. The Bertz CT molecular complexity index is 1090. The molecule has 8 nitrogen and oxygen atoms in total. The van der Waals surface area contributed by atoms with E-state index in [0.717, 1.165) is 23.1 Å². The summed E-state index contributed by atoms with van der Waals surface area (Å²) in [4.78, 5) is 23.0. The fourth-order valence-electron chi connectivity index (χ4n) is 3.45. The highest BCUT2D eigenvalue weighted by Gasteiger charge is 2.26. The number of nitriles is 3. The molecular formula is C24H23N5O3. The maximum atomic E-state index is 12.2. The lowest BCUT2D eigenvalue weighted by Crippen LogP contribution is -2.42. The topological polar surface area (TPSA) is 150 Å². The van der Waals surface area contributed by atoms with Gasteiger partial charge in [0.15, 0.2) is 0 Å². The first kappa shape index (κ1) is 23.9. The van der Waals surface area contributed by atoms with Crippen molar-refractivity contribution >= 4 is 23.8 Å². The summed E-state index contributed by atoms with van der Waals surface area (Å²) in [7, 11) is 0. The van der Waals surface area contributed by atoms with Crippen molar-refractivity contribution < 1.29 is 14.7 Å². The number of hydrogen-bond donors (Lipinski definition) is 3. The zero-order valence-corrected chi connectivity index (χ0v) is 17.8. The zero-order chi connectivity index (χ0) is 23.7. The molecule has 8 heteroatoms. The van der Waals surface area contributed by atoms with E-state index in [1.165, 1.54) is 0 Å². The molecule has 3 N–H and O–H groups in total. The molecule has 1 unspecified atom stereocenters. The maximum Gasteiger partial charge on any atom is 0.405 e. The van der Waals surface area contributed by atoms with Gasteiger partial charge in [-0.25, -0.2) is 4.79 Å². The van der Waals surface area contributed by atoms with E-state index in [1.807, 2.05) is 35.7 Å². The third-order valence-electron chi connectivity index (χ3n) is 4.83. The highest BCUT2D eigenvalue weighted by Crippen LogP contribution is 2.39. The number of amides is 2. The van der Waals surface area contributed by atoms with Crippen molar-refractivity contribution in [3.05, 3.63) is 58.7 Å².